The van der Waals surface area contributed by atoms with Gasteiger partial charge in [0.15, 0.2) is 0 Å². The Kier molecular flexibility index (Phi) is 9.07. The van der Waals surface area contributed by atoms with Gasteiger partial charge in [0.25, 0.3) is 0 Å². The molecule has 0 saturated heterocycles. The molecular formula is C16H33. The maximum Gasteiger partial charge on any atom is -0.0354 e. The molecule has 0 aliphatic carbocycles. The van der Waals surface area contributed by atoms with E-state index in [9.17, 15) is 0 Å². The normalized spacial score (nSPS) is 14.1. The molecule has 0 aliphatic rings. The van der Waals surface area contributed by atoms with E-state index in [0.29, 0.717) is 5.41 Å². The fourth-order valence-corrected chi connectivity index (χ4v) is 2.43. The number of unbranched alkanes of at least 4 members (excludes halogenated alkanes) is 5. The molecule has 1 radical (unpaired) electrons. The Morgan fingerprint density at radius 3 is 1.94 bits per heavy atom. The molecule has 0 nitrogen and oxygen atoms in total. The maximum atomic E-state index is 4.01. The zero-order valence-electron chi connectivity index (χ0n) is 12.1. The second kappa shape index (κ2) is 9.07. The molecule has 0 bridgehead atoms. The molecule has 97 valence electrons. The summed E-state index contributed by atoms with van der Waals surface area (Å²) < 4.78 is 0. The minimum absolute atomic E-state index is 0.473. The molecule has 1 unspecified atom stereocenters. The van der Waals surface area contributed by atoms with Gasteiger partial charge in [-0.2, -0.15) is 0 Å². The molecule has 0 N–H and O–H groups in total. The third-order valence-electron chi connectivity index (χ3n) is 3.68. The third-order valence-corrected chi connectivity index (χ3v) is 3.68. The second-order valence-electron chi connectivity index (χ2n) is 6.26. The summed E-state index contributed by atoms with van der Waals surface area (Å²) in [6.07, 6.45) is 12.3. The Morgan fingerprint density at radius 2 is 1.44 bits per heavy atom. The van der Waals surface area contributed by atoms with Gasteiger partial charge in [0.05, 0.1) is 0 Å². The van der Waals surface area contributed by atoms with Crippen LogP contribution < -0.4 is 0 Å². The van der Waals surface area contributed by atoms with Crippen molar-refractivity contribution in [3.05, 3.63) is 6.92 Å². The van der Waals surface area contributed by atoms with Crippen molar-refractivity contribution in [1.82, 2.24) is 0 Å². The zero-order valence-corrected chi connectivity index (χ0v) is 12.1. The lowest BCUT2D eigenvalue weighted by Gasteiger charge is -2.30. The predicted molar refractivity (Wildman–Crippen MR) is 75.5 cm³/mol. The molecular weight excluding hydrogens is 192 g/mol. The first-order valence-electron chi connectivity index (χ1n) is 7.31. The van der Waals surface area contributed by atoms with Gasteiger partial charge >= 0.3 is 0 Å². The molecule has 0 heteroatoms. The summed E-state index contributed by atoms with van der Waals surface area (Å²) >= 11 is 0. The van der Waals surface area contributed by atoms with E-state index in [1.807, 2.05) is 0 Å². The average molecular weight is 225 g/mol. The van der Waals surface area contributed by atoms with Gasteiger partial charge in [-0.05, 0) is 24.2 Å². The SMILES string of the molecule is [CH2]CCC(CCCCCCCC)C(C)(C)C. The van der Waals surface area contributed by atoms with Crippen LogP contribution in [0.1, 0.15) is 85.5 Å². The first-order valence-corrected chi connectivity index (χ1v) is 7.31. The van der Waals surface area contributed by atoms with E-state index in [2.05, 4.69) is 34.6 Å². The van der Waals surface area contributed by atoms with Crippen molar-refractivity contribution < 1.29 is 0 Å². The first-order chi connectivity index (χ1) is 7.52. The minimum atomic E-state index is 0.473. The van der Waals surface area contributed by atoms with Crippen LogP contribution in [0.2, 0.25) is 0 Å². The van der Waals surface area contributed by atoms with Crippen LogP contribution in [-0.4, -0.2) is 0 Å². The van der Waals surface area contributed by atoms with Crippen LogP contribution in [0.25, 0.3) is 0 Å². The number of hydrogen-bond donors (Lipinski definition) is 0. The largest absolute Gasteiger partial charge is 0.0654 e. The maximum absolute atomic E-state index is 4.01. The third kappa shape index (κ3) is 8.19. The van der Waals surface area contributed by atoms with Crippen LogP contribution in [-0.2, 0) is 0 Å². The fourth-order valence-electron chi connectivity index (χ4n) is 2.43. The summed E-state index contributed by atoms with van der Waals surface area (Å²) in [5, 5.41) is 0. The van der Waals surface area contributed by atoms with Gasteiger partial charge in [0.1, 0.15) is 0 Å². The van der Waals surface area contributed by atoms with Crippen molar-refractivity contribution in [3.63, 3.8) is 0 Å². The summed E-state index contributed by atoms with van der Waals surface area (Å²) in [6, 6.07) is 0. The molecule has 0 aromatic carbocycles. The molecule has 0 rings (SSSR count). The monoisotopic (exact) mass is 225 g/mol. The Hall–Kier alpha value is 0. The van der Waals surface area contributed by atoms with Gasteiger partial charge in [-0.15, -0.1) is 0 Å². The lowest BCUT2D eigenvalue weighted by atomic mass is 9.75. The summed E-state index contributed by atoms with van der Waals surface area (Å²) in [4.78, 5) is 0. The van der Waals surface area contributed by atoms with Crippen LogP contribution in [0.15, 0.2) is 0 Å². The molecule has 0 saturated carbocycles. The molecule has 1 atom stereocenters. The highest BCUT2D eigenvalue weighted by atomic mass is 14.3. The van der Waals surface area contributed by atoms with Gasteiger partial charge in [-0.25, -0.2) is 0 Å². The van der Waals surface area contributed by atoms with E-state index in [1.165, 1.54) is 51.4 Å². The second-order valence-corrected chi connectivity index (χ2v) is 6.26. The van der Waals surface area contributed by atoms with Crippen molar-refractivity contribution in [1.29, 1.82) is 0 Å². The Bertz CT molecular complexity index is 141. The Balaban J connectivity index is 3.61. The molecule has 0 fully saturated rings. The molecule has 0 heterocycles. The molecule has 0 aliphatic heterocycles. The molecule has 16 heavy (non-hydrogen) atoms. The summed E-state index contributed by atoms with van der Waals surface area (Å²) in [6.45, 7) is 13.4. The van der Waals surface area contributed by atoms with Crippen molar-refractivity contribution in [3.8, 4) is 0 Å². The number of hydrogen-bond acceptors (Lipinski definition) is 0. The van der Waals surface area contributed by atoms with E-state index in [1.54, 1.807) is 0 Å². The summed E-state index contributed by atoms with van der Waals surface area (Å²) in [5.74, 6) is 0.871. The predicted octanol–water partition coefficient (Wildman–Crippen LogP) is 6.01. The van der Waals surface area contributed by atoms with Crippen molar-refractivity contribution in [2.75, 3.05) is 0 Å². The van der Waals surface area contributed by atoms with Gasteiger partial charge in [0.2, 0.25) is 0 Å². The van der Waals surface area contributed by atoms with Crippen molar-refractivity contribution >= 4 is 0 Å². The Labute approximate surface area is 104 Å². The highest BCUT2D eigenvalue weighted by Gasteiger charge is 2.22. The van der Waals surface area contributed by atoms with E-state index in [0.717, 1.165) is 12.3 Å². The zero-order chi connectivity index (χ0) is 12.4. The molecule has 0 aromatic heterocycles. The standard InChI is InChI=1S/C16H33/c1-6-8-9-10-11-12-14-15(13-7-2)16(3,4)5/h15H,2,6-14H2,1,3-5H3. The van der Waals surface area contributed by atoms with Crippen LogP contribution in [0.4, 0.5) is 0 Å². The summed E-state index contributed by atoms with van der Waals surface area (Å²) in [7, 11) is 0. The highest BCUT2D eigenvalue weighted by Crippen LogP contribution is 2.33. The van der Waals surface area contributed by atoms with E-state index >= 15 is 0 Å². The average Bonchev–Trinajstić information content (AvgIpc) is 2.20. The quantitative estimate of drug-likeness (QED) is 0.421. The molecule has 0 amide bonds. The highest BCUT2D eigenvalue weighted by molar-refractivity contribution is 4.74. The van der Waals surface area contributed by atoms with Gasteiger partial charge in [-0.3, -0.25) is 0 Å². The fraction of sp³-hybridized carbons (Fsp3) is 0.938. The van der Waals surface area contributed by atoms with Crippen LogP contribution in [0, 0.1) is 18.3 Å². The smallest absolute Gasteiger partial charge is 0.0354 e. The van der Waals surface area contributed by atoms with Crippen molar-refractivity contribution in [2.24, 2.45) is 11.3 Å². The van der Waals surface area contributed by atoms with E-state index in [-0.39, 0.29) is 0 Å². The topological polar surface area (TPSA) is 0 Å². The lowest BCUT2D eigenvalue weighted by molar-refractivity contribution is 0.207. The van der Waals surface area contributed by atoms with Crippen molar-refractivity contribution in [2.45, 2.75) is 85.5 Å². The molecule has 0 aromatic rings. The van der Waals surface area contributed by atoms with Gasteiger partial charge in [-0.1, -0.05) is 79.6 Å². The van der Waals surface area contributed by atoms with Gasteiger partial charge in [0, 0.05) is 0 Å². The van der Waals surface area contributed by atoms with E-state index in [4.69, 9.17) is 0 Å². The van der Waals surface area contributed by atoms with Gasteiger partial charge < -0.3 is 0 Å². The number of rotatable bonds is 9. The van der Waals surface area contributed by atoms with Crippen LogP contribution in [0.5, 0.6) is 0 Å². The Morgan fingerprint density at radius 1 is 0.875 bits per heavy atom. The first kappa shape index (κ1) is 16.0. The minimum Gasteiger partial charge on any atom is -0.0654 e. The van der Waals surface area contributed by atoms with Crippen LogP contribution >= 0.6 is 0 Å². The van der Waals surface area contributed by atoms with Crippen LogP contribution in [0.3, 0.4) is 0 Å². The summed E-state index contributed by atoms with van der Waals surface area (Å²) in [5.41, 5.74) is 0.473. The van der Waals surface area contributed by atoms with E-state index < -0.39 is 0 Å². The molecule has 0 spiro atoms. The lowest BCUT2D eigenvalue weighted by Crippen LogP contribution is -2.20.